The molecule has 0 radical (unpaired) electrons. The normalized spacial score (nSPS) is 12.5. The lowest BCUT2D eigenvalue weighted by atomic mass is 10.3. The summed E-state index contributed by atoms with van der Waals surface area (Å²) in [6.07, 6.45) is 8.61. The molecular weight excluding hydrogens is 324 g/mol. The van der Waals surface area contributed by atoms with Crippen molar-refractivity contribution < 1.29 is 4.79 Å². The van der Waals surface area contributed by atoms with E-state index in [0.29, 0.717) is 0 Å². The minimum Gasteiger partial charge on any atom is -0.355 e. The molecule has 3 aromatic heterocycles. The minimum absolute atomic E-state index is 0.781. The summed E-state index contributed by atoms with van der Waals surface area (Å²) < 4.78 is 1.60. The van der Waals surface area contributed by atoms with Crippen molar-refractivity contribution in [2.75, 3.05) is 0 Å². The number of fused-ring (bicyclic) bond motifs is 8. The number of nitrogens with zero attached hydrogens (tertiary/aromatic N) is 3. The lowest BCUT2D eigenvalue weighted by Crippen LogP contribution is -1.92. The number of nitrogens with one attached hydrogen (secondary N) is 1. The van der Waals surface area contributed by atoms with E-state index >= 15 is 0 Å². The highest BCUT2D eigenvalue weighted by Crippen LogP contribution is 2.18. The van der Waals surface area contributed by atoms with E-state index in [2.05, 4.69) is 15.0 Å². The standard InChI is InChI=1S/C21H14N4O/c26-13-25-20-7-8-21(25)12-19-6-4-17(24-19)10-15-2-1-14(22-15)9-16-3-5-18(11-20)23-16/h1-13,22H. The first-order chi connectivity index (χ1) is 12.8. The predicted octanol–water partition coefficient (Wildman–Crippen LogP) is 4.17. The average Bonchev–Trinajstić information content (AvgIpc) is 3.39. The first-order valence-electron chi connectivity index (χ1n) is 8.29. The van der Waals surface area contributed by atoms with Crippen molar-refractivity contribution in [2.24, 2.45) is 0 Å². The van der Waals surface area contributed by atoms with Crippen LogP contribution in [-0.2, 0) is 4.79 Å². The van der Waals surface area contributed by atoms with E-state index in [1.54, 1.807) is 4.57 Å². The van der Waals surface area contributed by atoms with Gasteiger partial charge in [-0.3, -0.25) is 9.36 Å². The summed E-state index contributed by atoms with van der Waals surface area (Å²) in [5, 5.41) is 0. The summed E-state index contributed by atoms with van der Waals surface area (Å²) in [7, 11) is 0. The molecule has 5 nitrogen and oxygen atoms in total. The fraction of sp³-hybridized carbons (Fsp3) is 0. The summed E-state index contributed by atoms with van der Waals surface area (Å²) in [6.45, 7) is 0. The molecule has 2 aliphatic rings. The van der Waals surface area contributed by atoms with Gasteiger partial charge in [0.25, 0.3) is 0 Å². The molecule has 0 atom stereocenters. The first kappa shape index (κ1) is 14.6. The maximum atomic E-state index is 11.6. The van der Waals surface area contributed by atoms with Crippen LogP contribution in [-0.4, -0.2) is 25.9 Å². The molecule has 1 N–H and O–H groups in total. The lowest BCUT2D eigenvalue weighted by Gasteiger charge is -1.94. The van der Waals surface area contributed by atoms with Gasteiger partial charge in [0.15, 0.2) is 0 Å². The summed E-state index contributed by atoms with van der Waals surface area (Å²) in [5.41, 5.74) is 6.86. The maximum Gasteiger partial charge on any atom is 0.218 e. The Bertz CT molecular complexity index is 1170. The summed E-state index contributed by atoms with van der Waals surface area (Å²) in [6, 6.07) is 15.6. The van der Waals surface area contributed by atoms with Gasteiger partial charge in [0.1, 0.15) is 0 Å². The van der Waals surface area contributed by atoms with Gasteiger partial charge in [-0.05, 0) is 72.8 Å². The molecule has 0 aliphatic carbocycles. The topological polar surface area (TPSA) is 63.6 Å². The second-order valence-corrected chi connectivity index (χ2v) is 6.19. The largest absolute Gasteiger partial charge is 0.355 e. The number of rotatable bonds is 1. The van der Waals surface area contributed by atoms with Crippen LogP contribution in [0.3, 0.4) is 0 Å². The Balaban J connectivity index is 1.89. The molecule has 0 unspecified atom stereocenters. The fourth-order valence-electron chi connectivity index (χ4n) is 3.17. The maximum absolute atomic E-state index is 11.6. The van der Waals surface area contributed by atoms with Crippen LogP contribution < -0.4 is 0 Å². The first-order valence-corrected chi connectivity index (χ1v) is 8.29. The van der Waals surface area contributed by atoms with Gasteiger partial charge in [-0.25, -0.2) is 9.97 Å². The molecule has 26 heavy (non-hydrogen) atoms. The van der Waals surface area contributed by atoms with Crippen molar-refractivity contribution in [2.45, 2.75) is 0 Å². The number of H-pyrrole nitrogens is 1. The third-order valence-electron chi connectivity index (χ3n) is 4.38. The highest BCUT2D eigenvalue weighted by Gasteiger charge is 2.04. The SMILES string of the molecule is O=Cn1c2ccc1cc1nc(cc3ccc(cc4nc(c2)C=C4)[nH]3)C=C1. The van der Waals surface area contributed by atoms with Crippen molar-refractivity contribution in [3.8, 4) is 0 Å². The number of hydrogen-bond donors (Lipinski definition) is 1. The Labute approximate surface area is 149 Å². The number of carbonyl (C=O) groups excluding carboxylic acids is 1. The van der Waals surface area contributed by atoms with Crippen LogP contribution in [0.4, 0.5) is 0 Å². The van der Waals surface area contributed by atoms with Gasteiger partial charge >= 0.3 is 0 Å². The van der Waals surface area contributed by atoms with Gasteiger partial charge in [-0.1, -0.05) is 0 Å². The molecule has 0 amide bonds. The Morgan fingerprint density at radius 3 is 1.62 bits per heavy atom. The fourth-order valence-corrected chi connectivity index (χ4v) is 3.17. The monoisotopic (exact) mass is 338 g/mol. The highest BCUT2D eigenvalue weighted by molar-refractivity contribution is 5.81. The molecule has 5 heteroatoms. The summed E-state index contributed by atoms with van der Waals surface area (Å²) in [5.74, 6) is 0. The third kappa shape index (κ3) is 2.56. The molecule has 2 aliphatic heterocycles. The van der Waals surface area contributed by atoms with Crippen molar-refractivity contribution in [3.63, 3.8) is 0 Å². The van der Waals surface area contributed by atoms with E-state index in [0.717, 1.165) is 51.3 Å². The zero-order chi connectivity index (χ0) is 17.5. The van der Waals surface area contributed by atoms with E-state index in [4.69, 9.17) is 0 Å². The number of carbonyl (C=O) groups is 1. The smallest absolute Gasteiger partial charge is 0.218 e. The predicted molar refractivity (Wildman–Crippen MR) is 105 cm³/mol. The van der Waals surface area contributed by atoms with Crippen LogP contribution in [0.1, 0.15) is 22.8 Å². The second-order valence-electron chi connectivity index (χ2n) is 6.19. The van der Waals surface area contributed by atoms with Crippen LogP contribution in [0, 0.1) is 0 Å². The molecule has 124 valence electrons. The van der Waals surface area contributed by atoms with Gasteiger partial charge in [0.2, 0.25) is 6.41 Å². The van der Waals surface area contributed by atoms with E-state index in [-0.39, 0.29) is 0 Å². The van der Waals surface area contributed by atoms with Crippen LogP contribution in [0.2, 0.25) is 0 Å². The number of aromatic amines is 1. The highest BCUT2D eigenvalue weighted by atomic mass is 16.1. The van der Waals surface area contributed by atoms with Gasteiger partial charge in [-0.15, -0.1) is 0 Å². The molecule has 8 bridgehead atoms. The average molecular weight is 338 g/mol. The van der Waals surface area contributed by atoms with Crippen molar-refractivity contribution in [1.29, 1.82) is 0 Å². The molecule has 0 saturated heterocycles. The zero-order valence-corrected chi connectivity index (χ0v) is 13.8. The minimum atomic E-state index is 0.781. The van der Waals surface area contributed by atoms with Gasteiger partial charge in [0, 0.05) is 11.0 Å². The van der Waals surface area contributed by atoms with Gasteiger partial charge in [0.05, 0.1) is 33.8 Å². The molecular formula is C21H14N4O. The molecule has 5 rings (SSSR count). The molecule has 0 saturated carbocycles. The molecule has 0 aromatic carbocycles. The molecule has 0 spiro atoms. The van der Waals surface area contributed by atoms with Crippen molar-refractivity contribution in [1.82, 2.24) is 19.5 Å². The second kappa shape index (κ2) is 5.67. The molecule has 0 fully saturated rings. The molecule has 5 heterocycles. The Hall–Kier alpha value is -3.73. The lowest BCUT2D eigenvalue weighted by molar-refractivity contribution is 0.550. The van der Waals surface area contributed by atoms with Crippen LogP contribution in [0.15, 0.2) is 48.5 Å². The van der Waals surface area contributed by atoms with E-state index in [9.17, 15) is 4.79 Å². The Morgan fingerprint density at radius 1 is 0.692 bits per heavy atom. The zero-order valence-electron chi connectivity index (χ0n) is 13.8. The van der Waals surface area contributed by atoms with E-state index in [1.807, 2.05) is 72.8 Å². The number of hydrogen-bond acceptors (Lipinski definition) is 3. The summed E-state index contributed by atoms with van der Waals surface area (Å²) in [4.78, 5) is 24.2. The Morgan fingerprint density at radius 2 is 1.15 bits per heavy atom. The van der Waals surface area contributed by atoms with Crippen LogP contribution >= 0.6 is 0 Å². The van der Waals surface area contributed by atoms with Crippen molar-refractivity contribution in [3.05, 3.63) is 71.3 Å². The Kier molecular flexibility index (Phi) is 3.18. The number of aromatic nitrogens is 4. The van der Waals surface area contributed by atoms with Gasteiger partial charge in [-0.2, -0.15) is 0 Å². The molecule has 3 aromatic rings. The summed E-state index contributed by atoms with van der Waals surface area (Å²) >= 11 is 0. The van der Waals surface area contributed by atoms with Gasteiger partial charge < -0.3 is 4.98 Å². The van der Waals surface area contributed by atoms with E-state index < -0.39 is 0 Å². The van der Waals surface area contributed by atoms with Crippen molar-refractivity contribution >= 4 is 52.8 Å². The van der Waals surface area contributed by atoms with Crippen LogP contribution in [0.5, 0.6) is 0 Å². The third-order valence-corrected chi connectivity index (χ3v) is 4.38. The quantitative estimate of drug-likeness (QED) is 0.467. The van der Waals surface area contributed by atoms with Crippen LogP contribution in [0.25, 0.3) is 46.4 Å². The van der Waals surface area contributed by atoms with E-state index in [1.165, 1.54) is 0 Å².